The lowest BCUT2D eigenvalue weighted by Gasteiger charge is -2.09. The van der Waals surface area contributed by atoms with Gasteiger partial charge in [0.05, 0.1) is 22.6 Å². The minimum atomic E-state index is -4.49. The van der Waals surface area contributed by atoms with Gasteiger partial charge in [-0.1, -0.05) is 23.7 Å². The number of rotatable bonds is 4. The molecule has 0 aliphatic carbocycles. The van der Waals surface area contributed by atoms with Gasteiger partial charge in [-0.15, -0.1) is 0 Å². The Balaban J connectivity index is 1.74. The van der Waals surface area contributed by atoms with E-state index in [9.17, 15) is 13.2 Å². The van der Waals surface area contributed by atoms with Crippen molar-refractivity contribution in [2.24, 2.45) is 5.10 Å². The SMILES string of the molecule is C/C(=N\Nc1ncc(C(F)(F)F)cc1Cl)c1ccc(-n2ccnc2)cc1. The van der Waals surface area contributed by atoms with Crippen LogP contribution >= 0.6 is 11.6 Å². The molecular weight excluding hydrogens is 367 g/mol. The Kier molecular flexibility index (Phi) is 4.94. The number of hydrogen-bond acceptors (Lipinski definition) is 4. The van der Waals surface area contributed by atoms with Crippen LogP contribution in [0.5, 0.6) is 0 Å². The van der Waals surface area contributed by atoms with Gasteiger partial charge in [0, 0.05) is 24.3 Å². The summed E-state index contributed by atoms with van der Waals surface area (Å²) in [5.74, 6) is 0.0500. The molecule has 0 amide bonds. The molecule has 0 atom stereocenters. The average Bonchev–Trinajstić information content (AvgIpc) is 3.14. The van der Waals surface area contributed by atoms with Crippen molar-refractivity contribution in [3.05, 3.63) is 71.4 Å². The molecule has 2 heterocycles. The van der Waals surface area contributed by atoms with Gasteiger partial charge in [-0.2, -0.15) is 18.3 Å². The van der Waals surface area contributed by atoms with E-state index in [0.29, 0.717) is 11.9 Å². The van der Waals surface area contributed by atoms with E-state index in [-0.39, 0.29) is 10.8 Å². The molecule has 0 saturated heterocycles. The fourth-order valence-corrected chi connectivity index (χ4v) is 2.37. The van der Waals surface area contributed by atoms with Crippen LogP contribution in [-0.2, 0) is 6.18 Å². The average molecular weight is 380 g/mol. The molecule has 5 nitrogen and oxygen atoms in total. The van der Waals surface area contributed by atoms with Crippen LogP contribution in [0, 0.1) is 0 Å². The zero-order valence-corrected chi connectivity index (χ0v) is 14.3. The Bertz CT molecular complexity index is 919. The molecule has 0 fully saturated rings. The molecule has 3 rings (SSSR count). The van der Waals surface area contributed by atoms with Crippen molar-refractivity contribution in [2.75, 3.05) is 5.43 Å². The molecule has 9 heteroatoms. The van der Waals surface area contributed by atoms with Crippen molar-refractivity contribution >= 4 is 23.1 Å². The highest BCUT2D eigenvalue weighted by molar-refractivity contribution is 6.33. The van der Waals surface area contributed by atoms with Crippen molar-refractivity contribution in [3.63, 3.8) is 0 Å². The van der Waals surface area contributed by atoms with Gasteiger partial charge in [-0.3, -0.25) is 5.43 Å². The predicted molar refractivity (Wildman–Crippen MR) is 93.6 cm³/mol. The smallest absolute Gasteiger partial charge is 0.306 e. The summed E-state index contributed by atoms with van der Waals surface area (Å²) in [5.41, 5.74) is 4.09. The third kappa shape index (κ3) is 4.02. The lowest BCUT2D eigenvalue weighted by atomic mass is 10.1. The number of imidazole rings is 1. The van der Waals surface area contributed by atoms with E-state index in [4.69, 9.17) is 11.6 Å². The third-order valence-corrected chi connectivity index (χ3v) is 3.87. The van der Waals surface area contributed by atoms with Crippen LogP contribution in [0.2, 0.25) is 5.02 Å². The Morgan fingerprint density at radius 1 is 1.23 bits per heavy atom. The summed E-state index contributed by atoms with van der Waals surface area (Å²) >= 11 is 5.84. The second kappa shape index (κ2) is 7.17. The van der Waals surface area contributed by atoms with Gasteiger partial charge in [0.1, 0.15) is 0 Å². The van der Waals surface area contributed by atoms with Crippen LogP contribution in [0.15, 0.2) is 60.4 Å². The Labute approximate surface area is 152 Å². The standard InChI is InChI=1S/C17H13ClF3N5/c1-11(12-2-4-14(5-3-12)26-7-6-22-10-26)24-25-16-15(18)8-13(9-23-16)17(19,20)21/h2-10H,1H3,(H,23,25)/b24-11+. The minimum Gasteiger partial charge on any atom is -0.306 e. The summed E-state index contributed by atoms with van der Waals surface area (Å²) in [7, 11) is 0. The second-order valence-electron chi connectivity index (χ2n) is 5.38. The van der Waals surface area contributed by atoms with Crippen LogP contribution in [0.25, 0.3) is 5.69 Å². The molecule has 3 aromatic rings. The molecule has 0 unspecified atom stereocenters. The molecule has 0 radical (unpaired) electrons. The summed E-state index contributed by atoms with van der Waals surface area (Å²) in [6.07, 6.45) is 1.42. The van der Waals surface area contributed by atoms with Gasteiger partial charge in [-0.25, -0.2) is 9.97 Å². The topological polar surface area (TPSA) is 55.1 Å². The molecular formula is C17H13ClF3N5. The Morgan fingerprint density at radius 3 is 2.54 bits per heavy atom. The van der Waals surface area contributed by atoms with Gasteiger partial charge in [0.25, 0.3) is 0 Å². The first-order chi connectivity index (χ1) is 12.3. The van der Waals surface area contributed by atoms with Gasteiger partial charge in [0.15, 0.2) is 5.82 Å². The van der Waals surface area contributed by atoms with Gasteiger partial charge in [-0.05, 0) is 30.7 Å². The molecule has 2 aromatic heterocycles. The first-order valence-electron chi connectivity index (χ1n) is 7.46. The minimum absolute atomic E-state index is 0.0500. The lowest BCUT2D eigenvalue weighted by molar-refractivity contribution is -0.137. The molecule has 134 valence electrons. The van der Waals surface area contributed by atoms with Crippen LogP contribution in [0.4, 0.5) is 19.0 Å². The summed E-state index contributed by atoms with van der Waals surface area (Å²) in [6, 6.07) is 8.36. The van der Waals surface area contributed by atoms with Crippen molar-refractivity contribution in [1.29, 1.82) is 0 Å². The number of anilines is 1. The van der Waals surface area contributed by atoms with Crippen LogP contribution < -0.4 is 5.43 Å². The number of benzene rings is 1. The summed E-state index contributed by atoms with van der Waals surface area (Å²) < 4.78 is 39.7. The maximum Gasteiger partial charge on any atom is 0.417 e. The van der Waals surface area contributed by atoms with Crippen molar-refractivity contribution < 1.29 is 13.2 Å². The van der Waals surface area contributed by atoms with Crippen LogP contribution in [-0.4, -0.2) is 20.2 Å². The number of hydrazone groups is 1. The first kappa shape index (κ1) is 17.9. The highest BCUT2D eigenvalue weighted by atomic mass is 35.5. The fourth-order valence-electron chi connectivity index (χ4n) is 2.16. The normalized spacial score (nSPS) is 12.3. The van der Waals surface area contributed by atoms with Crippen molar-refractivity contribution in [2.45, 2.75) is 13.1 Å². The van der Waals surface area contributed by atoms with Crippen molar-refractivity contribution in [1.82, 2.24) is 14.5 Å². The molecule has 0 saturated carbocycles. The summed E-state index contributed by atoms with van der Waals surface area (Å²) in [5, 5.41) is 3.97. The summed E-state index contributed by atoms with van der Waals surface area (Å²) in [6.45, 7) is 1.76. The van der Waals surface area contributed by atoms with Gasteiger partial charge >= 0.3 is 6.18 Å². The number of aromatic nitrogens is 3. The van der Waals surface area contributed by atoms with Crippen LogP contribution in [0.3, 0.4) is 0 Å². The number of nitrogens with zero attached hydrogens (tertiary/aromatic N) is 4. The molecule has 1 N–H and O–H groups in total. The molecule has 1 aromatic carbocycles. The third-order valence-electron chi connectivity index (χ3n) is 3.59. The molecule has 0 aliphatic heterocycles. The van der Waals surface area contributed by atoms with E-state index in [0.717, 1.165) is 17.3 Å². The van der Waals surface area contributed by atoms with Gasteiger partial charge < -0.3 is 4.57 Å². The number of hydrogen-bond donors (Lipinski definition) is 1. The Hall–Kier alpha value is -2.87. The number of alkyl halides is 3. The van der Waals surface area contributed by atoms with Gasteiger partial charge in [0.2, 0.25) is 0 Å². The highest BCUT2D eigenvalue weighted by Gasteiger charge is 2.31. The van der Waals surface area contributed by atoms with E-state index < -0.39 is 11.7 Å². The molecule has 0 bridgehead atoms. The maximum absolute atomic E-state index is 12.6. The van der Waals surface area contributed by atoms with E-state index >= 15 is 0 Å². The monoisotopic (exact) mass is 379 g/mol. The first-order valence-corrected chi connectivity index (χ1v) is 7.84. The second-order valence-corrected chi connectivity index (χ2v) is 5.79. The lowest BCUT2D eigenvalue weighted by Crippen LogP contribution is -2.07. The molecule has 0 spiro atoms. The largest absolute Gasteiger partial charge is 0.417 e. The van der Waals surface area contributed by atoms with Crippen LogP contribution in [0.1, 0.15) is 18.1 Å². The Morgan fingerprint density at radius 2 is 1.96 bits per heavy atom. The highest BCUT2D eigenvalue weighted by Crippen LogP contribution is 2.32. The maximum atomic E-state index is 12.6. The number of halogens is 4. The fraction of sp³-hybridized carbons (Fsp3) is 0.118. The zero-order chi connectivity index (χ0) is 18.7. The number of pyridine rings is 1. The van der Waals surface area contributed by atoms with E-state index in [1.807, 2.05) is 35.0 Å². The van der Waals surface area contributed by atoms with E-state index in [1.165, 1.54) is 0 Å². The molecule has 26 heavy (non-hydrogen) atoms. The quantitative estimate of drug-likeness (QED) is 0.524. The molecule has 0 aliphatic rings. The van der Waals surface area contributed by atoms with Crippen molar-refractivity contribution in [3.8, 4) is 5.69 Å². The van der Waals surface area contributed by atoms with E-state index in [1.54, 1.807) is 19.4 Å². The number of nitrogens with one attached hydrogen (secondary N) is 1. The predicted octanol–water partition coefficient (Wildman–Crippen LogP) is 4.78. The summed E-state index contributed by atoms with van der Waals surface area (Å²) in [4.78, 5) is 7.67. The zero-order valence-electron chi connectivity index (χ0n) is 13.5. The van der Waals surface area contributed by atoms with E-state index in [2.05, 4.69) is 20.5 Å².